The van der Waals surface area contributed by atoms with Crippen LogP contribution in [0.25, 0.3) is 11.1 Å². The summed E-state index contributed by atoms with van der Waals surface area (Å²) in [6.45, 7) is 13.3. The standard InChI is InChI=1S/C26H31NOS2/c1-7-21(22-12-13-23(30-22)25(27)28)29-20-14-16(2)24(17(3)15-20)18-8-10-19(11-9-18)26(4,5)6/h8-15,21H,7H2,1-6H3,(H2,27,28). The van der Waals surface area contributed by atoms with Crippen molar-refractivity contribution in [1.82, 2.24) is 0 Å². The maximum atomic E-state index is 11.4. The quantitative estimate of drug-likeness (QED) is 0.402. The minimum absolute atomic E-state index is 0.161. The highest BCUT2D eigenvalue weighted by Gasteiger charge is 2.18. The number of primary amides is 1. The molecule has 0 spiro atoms. The van der Waals surface area contributed by atoms with E-state index in [9.17, 15) is 4.79 Å². The van der Waals surface area contributed by atoms with Gasteiger partial charge < -0.3 is 5.73 Å². The average molecular weight is 438 g/mol. The fourth-order valence-electron chi connectivity index (χ4n) is 3.75. The maximum absolute atomic E-state index is 11.4. The van der Waals surface area contributed by atoms with Crippen LogP contribution in [-0.4, -0.2) is 5.91 Å². The molecule has 0 fully saturated rings. The third kappa shape index (κ3) is 4.98. The molecule has 0 aliphatic carbocycles. The Bertz CT molecular complexity index is 1020. The largest absolute Gasteiger partial charge is 0.365 e. The first-order valence-electron chi connectivity index (χ1n) is 10.4. The fourth-order valence-corrected chi connectivity index (χ4v) is 6.14. The van der Waals surface area contributed by atoms with Crippen molar-refractivity contribution in [3.8, 4) is 11.1 Å². The highest BCUT2D eigenvalue weighted by atomic mass is 32.2. The van der Waals surface area contributed by atoms with Gasteiger partial charge in [0, 0.05) is 15.0 Å². The lowest BCUT2D eigenvalue weighted by Crippen LogP contribution is -2.10. The van der Waals surface area contributed by atoms with Crippen molar-refractivity contribution in [2.24, 2.45) is 5.73 Å². The van der Waals surface area contributed by atoms with Crippen LogP contribution in [0, 0.1) is 13.8 Å². The summed E-state index contributed by atoms with van der Waals surface area (Å²) in [7, 11) is 0. The van der Waals surface area contributed by atoms with Crippen LogP contribution >= 0.6 is 23.1 Å². The van der Waals surface area contributed by atoms with Gasteiger partial charge in [-0.05, 0) is 77.8 Å². The molecular weight excluding hydrogens is 406 g/mol. The van der Waals surface area contributed by atoms with Crippen LogP contribution in [0.2, 0.25) is 0 Å². The zero-order valence-corrected chi connectivity index (χ0v) is 20.3. The molecule has 158 valence electrons. The van der Waals surface area contributed by atoms with Crippen molar-refractivity contribution in [3.05, 3.63) is 75.0 Å². The van der Waals surface area contributed by atoms with Gasteiger partial charge in [-0.3, -0.25) is 4.79 Å². The van der Waals surface area contributed by atoms with E-state index in [1.807, 2.05) is 23.9 Å². The first-order chi connectivity index (χ1) is 14.1. The summed E-state index contributed by atoms with van der Waals surface area (Å²) >= 11 is 3.37. The van der Waals surface area contributed by atoms with E-state index in [4.69, 9.17) is 5.73 Å². The van der Waals surface area contributed by atoms with E-state index in [0.717, 1.165) is 6.42 Å². The van der Waals surface area contributed by atoms with Crippen molar-refractivity contribution >= 4 is 29.0 Å². The average Bonchev–Trinajstić information content (AvgIpc) is 3.15. The van der Waals surface area contributed by atoms with Gasteiger partial charge in [-0.2, -0.15) is 0 Å². The molecule has 1 atom stereocenters. The van der Waals surface area contributed by atoms with Crippen molar-refractivity contribution < 1.29 is 4.79 Å². The molecular formula is C26H31NOS2. The number of carbonyl (C=O) groups excluding carboxylic acids is 1. The van der Waals surface area contributed by atoms with Crippen LogP contribution in [-0.2, 0) is 5.41 Å². The summed E-state index contributed by atoms with van der Waals surface area (Å²) in [5.74, 6) is -0.348. The first-order valence-corrected chi connectivity index (χ1v) is 12.1. The number of nitrogens with two attached hydrogens (primary N) is 1. The number of carbonyl (C=O) groups is 1. The Balaban J connectivity index is 1.87. The van der Waals surface area contributed by atoms with Gasteiger partial charge in [0.2, 0.25) is 0 Å². The number of benzene rings is 2. The molecule has 0 saturated carbocycles. The topological polar surface area (TPSA) is 43.1 Å². The van der Waals surface area contributed by atoms with Crippen LogP contribution in [0.3, 0.4) is 0 Å². The SMILES string of the molecule is CCC(Sc1cc(C)c(-c2ccc(C(C)(C)C)cc2)c(C)c1)c1ccc(C(N)=O)s1. The van der Waals surface area contributed by atoms with Gasteiger partial charge in [0.15, 0.2) is 0 Å². The summed E-state index contributed by atoms with van der Waals surface area (Å²) in [6, 6.07) is 17.4. The molecule has 4 heteroatoms. The number of thiophene rings is 1. The van der Waals surface area contributed by atoms with Crippen molar-refractivity contribution in [2.45, 2.75) is 63.5 Å². The van der Waals surface area contributed by atoms with E-state index in [1.165, 1.54) is 48.9 Å². The third-order valence-corrected chi connectivity index (χ3v) is 8.12. The number of hydrogen-bond acceptors (Lipinski definition) is 3. The Morgan fingerprint density at radius 1 is 1.03 bits per heavy atom. The molecule has 3 aromatic rings. The molecule has 3 rings (SSSR count). The summed E-state index contributed by atoms with van der Waals surface area (Å²) in [5.41, 5.74) is 12.1. The lowest BCUT2D eigenvalue weighted by atomic mass is 9.85. The lowest BCUT2D eigenvalue weighted by Gasteiger charge is -2.20. The van der Waals surface area contributed by atoms with E-state index in [1.54, 1.807) is 0 Å². The molecule has 0 radical (unpaired) electrons. The van der Waals surface area contributed by atoms with Gasteiger partial charge in [0.1, 0.15) is 0 Å². The van der Waals surface area contributed by atoms with Gasteiger partial charge in [-0.25, -0.2) is 0 Å². The number of rotatable bonds is 6. The summed E-state index contributed by atoms with van der Waals surface area (Å²) in [4.78, 5) is 14.5. The second-order valence-corrected chi connectivity index (χ2v) is 11.2. The van der Waals surface area contributed by atoms with Gasteiger partial charge in [0.05, 0.1) is 4.88 Å². The maximum Gasteiger partial charge on any atom is 0.258 e. The van der Waals surface area contributed by atoms with E-state index >= 15 is 0 Å². The molecule has 2 nitrogen and oxygen atoms in total. The van der Waals surface area contributed by atoms with Gasteiger partial charge in [-0.15, -0.1) is 23.1 Å². The predicted octanol–water partition coefficient (Wildman–Crippen LogP) is 7.67. The Hall–Kier alpha value is -2.04. The van der Waals surface area contributed by atoms with E-state index in [2.05, 4.69) is 77.9 Å². The Labute approximate surface area is 188 Å². The van der Waals surface area contributed by atoms with Gasteiger partial charge >= 0.3 is 0 Å². The zero-order chi connectivity index (χ0) is 22.1. The zero-order valence-electron chi connectivity index (χ0n) is 18.7. The van der Waals surface area contributed by atoms with Crippen molar-refractivity contribution in [2.75, 3.05) is 0 Å². The van der Waals surface area contributed by atoms with Crippen molar-refractivity contribution in [1.29, 1.82) is 0 Å². The summed E-state index contributed by atoms with van der Waals surface area (Å²) in [6.07, 6.45) is 0.998. The second-order valence-electron chi connectivity index (χ2n) is 8.84. The minimum Gasteiger partial charge on any atom is -0.365 e. The van der Waals surface area contributed by atoms with E-state index in [-0.39, 0.29) is 11.3 Å². The Morgan fingerprint density at radius 2 is 1.63 bits per heavy atom. The highest BCUT2D eigenvalue weighted by Crippen LogP contribution is 2.42. The van der Waals surface area contributed by atoms with Crippen LogP contribution in [0.1, 0.15) is 70.6 Å². The summed E-state index contributed by atoms with van der Waals surface area (Å²) < 4.78 is 0. The smallest absolute Gasteiger partial charge is 0.258 e. The predicted molar refractivity (Wildman–Crippen MR) is 132 cm³/mol. The molecule has 0 aliphatic rings. The second kappa shape index (κ2) is 8.99. The van der Waals surface area contributed by atoms with Crippen LogP contribution < -0.4 is 5.73 Å². The molecule has 0 bridgehead atoms. The molecule has 1 amide bonds. The molecule has 2 aromatic carbocycles. The highest BCUT2D eigenvalue weighted by molar-refractivity contribution is 7.99. The number of hydrogen-bond donors (Lipinski definition) is 1. The van der Waals surface area contributed by atoms with Crippen molar-refractivity contribution in [3.63, 3.8) is 0 Å². The molecule has 1 heterocycles. The van der Waals surface area contributed by atoms with Crippen LogP contribution in [0.4, 0.5) is 0 Å². The normalized spacial score (nSPS) is 12.7. The molecule has 1 aromatic heterocycles. The molecule has 2 N–H and O–H groups in total. The number of amides is 1. The molecule has 0 saturated heterocycles. The first kappa shape index (κ1) is 22.6. The van der Waals surface area contributed by atoms with Gasteiger partial charge in [-0.1, -0.05) is 52.0 Å². The van der Waals surface area contributed by atoms with Gasteiger partial charge in [0.25, 0.3) is 5.91 Å². The lowest BCUT2D eigenvalue weighted by molar-refractivity contribution is 0.100. The van der Waals surface area contributed by atoms with Crippen LogP contribution in [0.5, 0.6) is 0 Å². The number of thioether (sulfide) groups is 1. The summed E-state index contributed by atoms with van der Waals surface area (Å²) in [5, 5.41) is 0.318. The van der Waals surface area contributed by atoms with E-state index < -0.39 is 0 Å². The third-order valence-electron chi connectivity index (χ3n) is 5.38. The number of aryl methyl sites for hydroxylation is 2. The monoisotopic (exact) mass is 437 g/mol. The van der Waals surface area contributed by atoms with Crippen LogP contribution in [0.15, 0.2) is 53.4 Å². The Morgan fingerprint density at radius 3 is 2.10 bits per heavy atom. The molecule has 0 aliphatic heterocycles. The molecule has 30 heavy (non-hydrogen) atoms. The minimum atomic E-state index is -0.348. The Kier molecular flexibility index (Phi) is 6.78. The van der Waals surface area contributed by atoms with E-state index in [0.29, 0.717) is 10.1 Å². The molecule has 1 unspecified atom stereocenters. The fraction of sp³-hybridized carbons (Fsp3) is 0.346.